The largest absolute Gasteiger partial charge is 0.501 e. The average molecular weight is 267 g/mol. The summed E-state index contributed by atoms with van der Waals surface area (Å²) in [6.45, 7) is 7.84. The van der Waals surface area contributed by atoms with Gasteiger partial charge in [0.05, 0.1) is 18.9 Å². The van der Waals surface area contributed by atoms with Crippen molar-refractivity contribution >= 4 is 0 Å². The molecule has 2 atom stereocenters. The molecule has 2 rings (SSSR count). The lowest BCUT2D eigenvalue weighted by molar-refractivity contribution is 0.0493. The second kappa shape index (κ2) is 6.73. The van der Waals surface area contributed by atoms with Crippen LogP contribution >= 0.6 is 0 Å². The summed E-state index contributed by atoms with van der Waals surface area (Å²) >= 11 is 0. The van der Waals surface area contributed by atoms with Gasteiger partial charge >= 0.3 is 0 Å². The van der Waals surface area contributed by atoms with Crippen molar-refractivity contribution in [2.45, 2.75) is 64.0 Å². The van der Waals surface area contributed by atoms with Crippen LogP contribution in [0.1, 0.15) is 52.4 Å². The maximum absolute atomic E-state index is 5.90. The van der Waals surface area contributed by atoms with E-state index >= 15 is 0 Å². The third-order valence-corrected chi connectivity index (χ3v) is 4.92. The molecule has 2 heterocycles. The van der Waals surface area contributed by atoms with E-state index in [-0.39, 0.29) is 11.6 Å². The van der Waals surface area contributed by atoms with Crippen LogP contribution < -0.4 is 11.3 Å². The molecule has 0 aromatic carbocycles. The zero-order chi connectivity index (χ0) is 13.7. The first kappa shape index (κ1) is 14.8. The lowest BCUT2D eigenvalue weighted by Gasteiger charge is -2.48. The van der Waals surface area contributed by atoms with Crippen molar-refractivity contribution in [2.75, 3.05) is 19.7 Å². The third kappa shape index (κ3) is 3.12. The van der Waals surface area contributed by atoms with Gasteiger partial charge in [0.25, 0.3) is 0 Å². The molecule has 0 aromatic heterocycles. The highest BCUT2D eigenvalue weighted by Crippen LogP contribution is 2.32. The maximum Gasteiger partial charge on any atom is 0.0876 e. The molecule has 1 fully saturated rings. The van der Waals surface area contributed by atoms with Gasteiger partial charge in [0.15, 0.2) is 0 Å². The van der Waals surface area contributed by atoms with E-state index in [9.17, 15) is 0 Å². The number of ether oxygens (including phenoxy) is 1. The van der Waals surface area contributed by atoms with Crippen molar-refractivity contribution in [2.24, 2.45) is 5.84 Å². The Morgan fingerprint density at radius 1 is 1.37 bits per heavy atom. The molecule has 110 valence electrons. The predicted molar refractivity (Wildman–Crippen MR) is 78.5 cm³/mol. The summed E-state index contributed by atoms with van der Waals surface area (Å²) in [5.41, 5.74) is 4.48. The third-order valence-electron chi connectivity index (χ3n) is 4.92. The SMILES string of the molecule is CCC(C)(C(NN)C1=COCCC1)N1CCCCC1. The van der Waals surface area contributed by atoms with Crippen LogP contribution in [-0.2, 0) is 4.74 Å². The van der Waals surface area contributed by atoms with Gasteiger partial charge in [0.2, 0.25) is 0 Å². The average Bonchev–Trinajstić information content (AvgIpc) is 2.49. The van der Waals surface area contributed by atoms with Crippen LogP contribution in [0.4, 0.5) is 0 Å². The van der Waals surface area contributed by atoms with E-state index in [2.05, 4.69) is 24.2 Å². The summed E-state index contributed by atoms with van der Waals surface area (Å²) in [6, 6.07) is 0.191. The van der Waals surface area contributed by atoms with Gasteiger partial charge in [-0.05, 0) is 57.7 Å². The molecule has 1 saturated heterocycles. The summed E-state index contributed by atoms with van der Waals surface area (Å²) in [5.74, 6) is 5.90. The molecule has 0 amide bonds. The number of nitrogens with one attached hydrogen (secondary N) is 1. The molecule has 4 nitrogen and oxygen atoms in total. The molecule has 4 heteroatoms. The number of hydrazine groups is 1. The number of rotatable bonds is 5. The van der Waals surface area contributed by atoms with Crippen LogP contribution in [0.5, 0.6) is 0 Å². The highest BCUT2D eigenvalue weighted by molar-refractivity contribution is 5.18. The number of likely N-dealkylation sites (tertiary alicyclic amines) is 1. The lowest BCUT2D eigenvalue weighted by Crippen LogP contribution is -2.62. The normalized spacial score (nSPS) is 26.2. The second-order valence-corrected chi connectivity index (χ2v) is 6.03. The van der Waals surface area contributed by atoms with E-state index < -0.39 is 0 Å². The van der Waals surface area contributed by atoms with Gasteiger partial charge in [-0.15, -0.1) is 0 Å². The number of piperidine rings is 1. The summed E-state index contributed by atoms with van der Waals surface area (Å²) in [5, 5.41) is 0. The fourth-order valence-electron chi connectivity index (χ4n) is 3.50. The maximum atomic E-state index is 5.90. The lowest BCUT2D eigenvalue weighted by atomic mass is 9.80. The quantitative estimate of drug-likeness (QED) is 0.592. The van der Waals surface area contributed by atoms with Crippen molar-refractivity contribution in [3.8, 4) is 0 Å². The molecule has 0 radical (unpaired) electrons. The Morgan fingerprint density at radius 2 is 2.11 bits per heavy atom. The van der Waals surface area contributed by atoms with Crippen molar-refractivity contribution in [1.82, 2.24) is 10.3 Å². The van der Waals surface area contributed by atoms with Crippen molar-refractivity contribution in [3.63, 3.8) is 0 Å². The fourth-order valence-corrected chi connectivity index (χ4v) is 3.50. The van der Waals surface area contributed by atoms with Crippen LogP contribution in [0.3, 0.4) is 0 Å². The molecule has 0 saturated carbocycles. The molecule has 0 bridgehead atoms. The topological polar surface area (TPSA) is 50.5 Å². The van der Waals surface area contributed by atoms with Crippen molar-refractivity contribution in [1.29, 1.82) is 0 Å². The summed E-state index contributed by atoms with van der Waals surface area (Å²) in [6.07, 6.45) is 9.21. The molecule has 0 aliphatic carbocycles. The minimum atomic E-state index is 0.0850. The molecule has 0 spiro atoms. The number of hydrogen-bond donors (Lipinski definition) is 2. The van der Waals surface area contributed by atoms with Gasteiger partial charge in [-0.3, -0.25) is 16.2 Å². The van der Waals surface area contributed by atoms with Crippen molar-refractivity contribution < 1.29 is 4.74 Å². The van der Waals surface area contributed by atoms with Crippen molar-refractivity contribution in [3.05, 3.63) is 11.8 Å². The van der Waals surface area contributed by atoms with E-state index in [1.54, 1.807) is 0 Å². The van der Waals surface area contributed by atoms with E-state index in [1.807, 2.05) is 6.26 Å². The van der Waals surface area contributed by atoms with Crippen LogP contribution in [0.25, 0.3) is 0 Å². The smallest absolute Gasteiger partial charge is 0.0876 e. The van der Waals surface area contributed by atoms with E-state index in [0.29, 0.717) is 0 Å². The first-order valence-electron chi connectivity index (χ1n) is 7.74. The highest BCUT2D eigenvalue weighted by Gasteiger charge is 2.40. The number of hydrogen-bond acceptors (Lipinski definition) is 4. The van der Waals surface area contributed by atoms with Gasteiger partial charge in [0, 0.05) is 5.54 Å². The Balaban J connectivity index is 2.18. The van der Waals surface area contributed by atoms with E-state index in [1.165, 1.54) is 37.9 Å². The molecule has 19 heavy (non-hydrogen) atoms. The molecule has 2 aliphatic rings. The molecular weight excluding hydrogens is 238 g/mol. The minimum absolute atomic E-state index is 0.0850. The highest BCUT2D eigenvalue weighted by atomic mass is 16.5. The Bertz CT molecular complexity index is 313. The van der Waals surface area contributed by atoms with Crippen LogP contribution in [0.15, 0.2) is 11.8 Å². The van der Waals surface area contributed by atoms with Gasteiger partial charge in [0.1, 0.15) is 0 Å². The second-order valence-electron chi connectivity index (χ2n) is 6.03. The first-order chi connectivity index (χ1) is 9.22. The van der Waals surface area contributed by atoms with E-state index in [4.69, 9.17) is 10.6 Å². The van der Waals surface area contributed by atoms with Gasteiger partial charge < -0.3 is 4.74 Å². The molecule has 2 unspecified atom stereocenters. The van der Waals surface area contributed by atoms with Crippen LogP contribution in [-0.4, -0.2) is 36.2 Å². The standard InChI is InChI=1S/C15H29N3O/c1-3-15(2,18-9-5-4-6-10-18)14(17-16)13-8-7-11-19-12-13/h12,14,17H,3-11,16H2,1-2H3. The number of nitrogens with two attached hydrogens (primary N) is 1. The Kier molecular flexibility index (Phi) is 5.25. The fraction of sp³-hybridized carbons (Fsp3) is 0.867. The summed E-state index contributed by atoms with van der Waals surface area (Å²) in [4.78, 5) is 2.62. The summed E-state index contributed by atoms with van der Waals surface area (Å²) in [7, 11) is 0. The number of nitrogens with zero attached hydrogens (tertiary/aromatic N) is 1. The van der Waals surface area contributed by atoms with Gasteiger partial charge in [-0.25, -0.2) is 0 Å². The Morgan fingerprint density at radius 3 is 2.63 bits per heavy atom. The minimum Gasteiger partial charge on any atom is -0.501 e. The zero-order valence-electron chi connectivity index (χ0n) is 12.5. The molecule has 3 N–H and O–H groups in total. The Labute approximate surface area is 117 Å². The Hall–Kier alpha value is -0.580. The monoisotopic (exact) mass is 267 g/mol. The first-order valence-corrected chi connectivity index (χ1v) is 7.74. The predicted octanol–water partition coefficient (Wildman–Crippen LogP) is 2.17. The zero-order valence-corrected chi connectivity index (χ0v) is 12.5. The molecule has 2 aliphatic heterocycles. The molecule has 0 aromatic rings. The van der Waals surface area contributed by atoms with E-state index in [0.717, 1.165) is 25.9 Å². The van der Waals surface area contributed by atoms with Gasteiger partial charge in [-0.1, -0.05) is 13.3 Å². The van der Waals surface area contributed by atoms with Crippen LogP contribution in [0, 0.1) is 0 Å². The van der Waals surface area contributed by atoms with Crippen LogP contribution in [0.2, 0.25) is 0 Å². The molecular formula is C15H29N3O. The summed E-state index contributed by atoms with van der Waals surface area (Å²) < 4.78 is 5.52. The van der Waals surface area contributed by atoms with Gasteiger partial charge in [-0.2, -0.15) is 0 Å².